The van der Waals surface area contributed by atoms with Crippen LogP contribution in [0.1, 0.15) is 61.7 Å². The van der Waals surface area contributed by atoms with E-state index in [9.17, 15) is 24.0 Å². The molecule has 4 unspecified atom stereocenters. The first kappa shape index (κ1) is 35.0. The summed E-state index contributed by atoms with van der Waals surface area (Å²) in [5.74, 6) is -3.20. The maximum Gasteiger partial charge on any atom is 0.243 e. The fraction of sp³-hybridized carbons (Fsp3) is 0.519. The largest absolute Gasteiger partial charge is 0.370 e. The van der Waals surface area contributed by atoms with Gasteiger partial charge >= 0.3 is 0 Å². The SMILES string of the molecule is CC(NC(=O)C(CCC(N)=O)NC(=O)C(N)CCCNC(=N)N)C(=O)NC(CCCCN)C(=O)c1nc2ccccc2s1. The van der Waals surface area contributed by atoms with Crippen LogP contribution in [0.2, 0.25) is 0 Å². The highest BCUT2D eigenvalue weighted by molar-refractivity contribution is 7.20. The number of para-hydroxylation sites is 1. The number of amides is 4. The van der Waals surface area contributed by atoms with Gasteiger partial charge in [0.2, 0.25) is 29.4 Å². The summed E-state index contributed by atoms with van der Waals surface area (Å²) in [4.78, 5) is 68.0. The summed E-state index contributed by atoms with van der Waals surface area (Å²) >= 11 is 1.23. The van der Waals surface area contributed by atoms with Gasteiger partial charge in [-0.25, -0.2) is 4.98 Å². The van der Waals surface area contributed by atoms with Crippen molar-refractivity contribution in [2.24, 2.45) is 22.9 Å². The van der Waals surface area contributed by atoms with E-state index in [1.165, 1.54) is 18.3 Å². The van der Waals surface area contributed by atoms with Crippen molar-refractivity contribution in [3.63, 3.8) is 0 Å². The van der Waals surface area contributed by atoms with Crippen LogP contribution in [0.5, 0.6) is 0 Å². The summed E-state index contributed by atoms with van der Waals surface area (Å²) in [7, 11) is 0. The molecule has 4 amide bonds. The number of guanidine groups is 1. The summed E-state index contributed by atoms with van der Waals surface area (Å²) in [5, 5.41) is 17.8. The molecule has 1 aromatic heterocycles. The van der Waals surface area contributed by atoms with Crippen molar-refractivity contribution in [3.05, 3.63) is 29.3 Å². The summed E-state index contributed by atoms with van der Waals surface area (Å²) in [6.45, 7) is 2.20. The Morgan fingerprint density at radius 2 is 1.60 bits per heavy atom. The maximum atomic E-state index is 13.3. The van der Waals surface area contributed by atoms with Crippen LogP contribution in [0, 0.1) is 5.41 Å². The van der Waals surface area contributed by atoms with Gasteiger partial charge in [0, 0.05) is 13.0 Å². The number of carbonyl (C=O) groups is 5. The van der Waals surface area contributed by atoms with E-state index in [0.717, 1.165) is 4.70 Å². The van der Waals surface area contributed by atoms with Crippen molar-refractivity contribution in [3.8, 4) is 0 Å². The second kappa shape index (κ2) is 17.7. The highest BCUT2D eigenvalue weighted by atomic mass is 32.1. The van der Waals surface area contributed by atoms with Crippen molar-refractivity contribution in [2.75, 3.05) is 13.1 Å². The van der Waals surface area contributed by atoms with Gasteiger partial charge in [0.25, 0.3) is 0 Å². The molecule has 16 heteroatoms. The molecule has 1 aromatic carbocycles. The van der Waals surface area contributed by atoms with Gasteiger partial charge in [-0.05, 0) is 64.1 Å². The molecule has 1 heterocycles. The molecule has 0 aliphatic rings. The number of nitrogens with zero attached hydrogens (tertiary/aromatic N) is 1. The number of ketones is 1. The van der Waals surface area contributed by atoms with E-state index in [1.54, 1.807) is 6.07 Å². The Balaban J connectivity index is 2.06. The lowest BCUT2D eigenvalue weighted by molar-refractivity contribution is -0.132. The first-order valence-corrected chi connectivity index (χ1v) is 14.9. The number of nitrogens with two attached hydrogens (primary N) is 4. The number of aromatic nitrogens is 1. The molecule has 236 valence electrons. The van der Waals surface area contributed by atoms with Crippen LogP contribution in [0.4, 0.5) is 0 Å². The van der Waals surface area contributed by atoms with E-state index < -0.39 is 47.8 Å². The zero-order chi connectivity index (χ0) is 31.9. The predicted octanol–water partition coefficient (Wildman–Crippen LogP) is -1.06. The average Bonchev–Trinajstić information content (AvgIpc) is 3.40. The van der Waals surface area contributed by atoms with Crippen LogP contribution in [-0.2, 0) is 19.2 Å². The fourth-order valence-corrected chi connectivity index (χ4v) is 5.03. The first-order chi connectivity index (χ1) is 20.4. The van der Waals surface area contributed by atoms with Gasteiger partial charge in [-0.1, -0.05) is 12.1 Å². The molecule has 0 aliphatic carbocycles. The minimum Gasteiger partial charge on any atom is -0.370 e. The van der Waals surface area contributed by atoms with Crippen molar-refractivity contribution in [2.45, 2.75) is 76.0 Å². The lowest BCUT2D eigenvalue weighted by Gasteiger charge is -2.24. The number of fused-ring (bicyclic) bond motifs is 1. The number of unbranched alkanes of at least 4 members (excludes halogenated alkanes) is 1. The lowest BCUT2D eigenvalue weighted by atomic mass is 10.0. The van der Waals surface area contributed by atoms with E-state index in [-0.39, 0.29) is 36.0 Å². The quantitative estimate of drug-likeness (QED) is 0.0398. The second-order valence-electron chi connectivity index (χ2n) is 10.1. The molecule has 0 bridgehead atoms. The molecule has 43 heavy (non-hydrogen) atoms. The van der Waals surface area contributed by atoms with Crippen molar-refractivity contribution < 1.29 is 24.0 Å². The molecular formula is C27H42N10O5S. The molecule has 0 radical (unpaired) electrons. The minimum absolute atomic E-state index is 0.113. The van der Waals surface area contributed by atoms with Gasteiger partial charge in [0.05, 0.1) is 22.3 Å². The van der Waals surface area contributed by atoms with Gasteiger partial charge in [-0.15, -0.1) is 11.3 Å². The Morgan fingerprint density at radius 1 is 0.907 bits per heavy atom. The third-order valence-electron chi connectivity index (χ3n) is 6.49. The molecule has 2 rings (SSSR count). The van der Waals surface area contributed by atoms with Crippen LogP contribution < -0.4 is 44.2 Å². The molecule has 0 aliphatic heterocycles. The van der Waals surface area contributed by atoms with Gasteiger partial charge in [0.1, 0.15) is 12.1 Å². The number of benzene rings is 1. The van der Waals surface area contributed by atoms with E-state index in [4.69, 9.17) is 28.3 Å². The van der Waals surface area contributed by atoms with Crippen molar-refractivity contribution >= 4 is 56.9 Å². The van der Waals surface area contributed by atoms with E-state index in [1.807, 2.05) is 18.2 Å². The van der Waals surface area contributed by atoms with Crippen molar-refractivity contribution in [1.29, 1.82) is 5.41 Å². The molecule has 4 atom stereocenters. The average molecular weight is 619 g/mol. The summed E-state index contributed by atoms with van der Waals surface area (Å²) in [6, 6.07) is 3.18. The van der Waals surface area contributed by atoms with Gasteiger partial charge in [-0.3, -0.25) is 29.4 Å². The van der Waals surface area contributed by atoms with Gasteiger partial charge in [0.15, 0.2) is 11.0 Å². The number of nitrogens with one attached hydrogen (secondary N) is 5. The monoisotopic (exact) mass is 618 g/mol. The molecule has 0 saturated heterocycles. The molecule has 0 fully saturated rings. The molecule has 13 N–H and O–H groups in total. The standard InChI is InChI=1S/C27H42N10O5S/c1-15(34-25(42)19(11-12-21(30)38)36-24(41)16(29)7-6-14-33-27(31)32)23(40)35-18(9-4-5-13-28)22(39)26-37-17-8-2-3-10-20(17)43-26/h2-3,8,10,15-16,18-19H,4-7,9,11-14,28-29H2,1H3,(H2,30,38)(H,34,42)(H,35,40)(H,36,41)(H4,31,32,33). The highest BCUT2D eigenvalue weighted by Gasteiger charge is 2.30. The predicted molar refractivity (Wildman–Crippen MR) is 164 cm³/mol. The topological polar surface area (TPSA) is 274 Å². The smallest absolute Gasteiger partial charge is 0.243 e. The second-order valence-corrected chi connectivity index (χ2v) is 11.1. The maximum absolute atomic E-state index is 13.3. The third kappa shape index (κ3) is 11.9. The number of hydrogen-bond acceptors (Lipinski definition) is 10. The number of hydrogen-bond donors (Lipinski definition) is 9. The molecule has 15 nitrogen and oxygen atoms in total. The van der Waals surface area contributed by atoms with Crippen LogP contribution in [0.3, 0.4) is 0 Å². The van der Waals surface area contributed by atoms with E-state index in [2.05, 4.69) is 26.3 Å². The van der Waals surface area contributed by atoms with Crippen LogP contribution >= 0.6 is 11.3 Å². The Morgan fingerprint density at radius 3 is 2.26 bits per heavy atom. The van der Waals surface area contributed by atoms with Gasteiger partial charge in [-0.2, -0.15) is 0 Å². The number of primary amides is 1. The van der Waals surface area contributed by atoms with Crippen molar-refractivity contribution in [1.82, 2.24) is 26.3 Å². The fourth-order valence-electron chi connectivity index (χ4n) is 4.07. The number of rotatable bonds is 19. The Bertz CT molecular complexity index is 1250. The van der Waals surface area contributed by atoms with Crippen LogP contribution in [0.25, 0.3) is 10.2 Å². The zero-order valence-electron chi connectivity index (χ0n) is 24.2. The number of Topliss-reactive ketones (excluding diaryl/α,β-unsaturated/α-hetero) is 1. The highest BCUT2D eigenvalue weighted by Crippen LogP contribution is 2.23. The summed E-state index contributed by atoms with van der Waals surface area (Å²) in [6.07, 6.45) is 1.94. The molecular weight excluding hydrogens is 576 g/mol. The molecule has 0 saturated carbocycles. The Kier molecular flexibility index (Phi) is 14.4. The lowest BCUT2D eigenvalue weighted by Crippen LogP contribution is -2.56. The zero-order valence-corrected chi connectivity index (χ0v) is 25.0. The number of thiazole rings is 1. The Labute approximate surface area is 253 Å². The summed E-state index contributed by atoms with van der Waals surface area (Å²) in [5.41, 5.74) is 22.7. The molecule has 0 spiro atoms. The third-order valence-corrected chi connectivity index (χ3v) is 7.54. The van der Waals surface area contributed by atoms with Crippen LogP contribution in [-0.4, -0.2) is 77.6 Å². The molecule has 2 aromatic rings. The minimum atomic E-state index is -1.19. The first-order valence-electron chi connectivity index (χ1n) is 14.1. The van der Waals surface area contributed by atoms with Crippen LogP contribution in [0.15, 0.2) is 24.3 Å². The normalized spacial score (nSPS) is 13.7. The summed E-state index contributed by atoms with van der Waals surface area (Å²) < 4.78 is 0.843. The van der Waals surface area contributed by atoms with Gasteiger partial charge < -0.3 is 44.2 Å². The number of carbonyl (C=O) groups excluding carboxylic acids is 5. The Hall–Kier alpha value is -4.15. The van der Waals surface area contributed by atoms with E-state index >= 15 is 0 Å². The van der Waals surface area contributed by atoms with E-state index in [0.29, 0.717) is 44.3 Å².